The summed E-state index contributed by atoms with van der Waals surface area (Å²) in [4.78, 5) is 9.39. The third-order valence-corrected chi connectivity index (χ3v) is 5.70. The Hall–Kier alpha value is -4.14. The Bertz CT molecular complexity index is 1520. The number of imidazole rings is 1. The first kappa shape index (κ1) is 20.7. The van der Waals surface area contributed by atoms with Gasteiger partial charge in [0, 0.05) is 22.2 Å². The third-order valence-electron chi connectivity index (χ3n) is 5.70. The lowest BCUT2D eigenvalue weighted by Gasteiger charge is -2.10. The van der Waals surface area contributed by atoms with Crippen molar-refractivity contribution in [3.8, 4) is 23.3 Å². The van der Waals surface area contributed by atoms with E-state index in [0.717, 1.165) is 56.7 Å². The lowest BCUT2D eigenvalue weighted by atomic mass is 10.1. The van der Waals surface area contributed by atoms with Crippen molar-refractivity contribution < 1.29 is 4.74 Å². The Morgan fingerprint density at radius 2 is 1.73 bits per heavy atom. The number of benzene rings is 3. The minimum atomic E-state index is 0.641. The van der Waals surface area contributed by atoms with Crippen LogP contribution in [0, 0.1) is 18.8 Å². The molecular formula is C28H24N4O. The first-order valence-electron chi connectivity index (χ1n) is 10.9. The number of nitrogens with zero attached hydrogens (tertiary/aromatic N) is 3. The molecule has 5 rings (SSSR count). The summed E-state index contributed by atoms with van der Waals surface area (Å²) in [6.07, 6.45) is 2.71. The van der Waals surface area contributed by atoms with Gasteiger partial charge in [0.2, 0.25) is 0 Å². The van der Waals surface area contributed by atoms with Crippen LogP contribution in [0.25, 0.3) is 27.6 Å². The number of hydrogen-bond donors (Lipinski definition) is 1. The number of methoxy groups -OCH3 is 1. The molecule has 0 aliphatic heterocycles. The van der Waals surface area contributed by atoms with Gasteiger partial charge in [-0.15, -0.1) is 0 Å². The molecule has 0 unspecified atom stereocenters. The van der Waals surface area contributed by atoms with Gasteiger partial charge in [0.15, 0.2) is 0 Å². The average molecular weight is 433 g/mol. The summed E-state index contributed by atoms with van der Waals surface area (Å²) in [5.74, 6) is 8.23. The molecule has 2 heterocycles. The number of hydrogen-bond acceptors (Lipinski definition) is 4. The van der Waals surface area contributed by atoms with Crippen LogP contribution in [-0.2, 0) is 6.42 Å². The fourth-order valence-corrected chi connectivity index (χ4v) is 4.09. The van der Waals surface area contributed by atoms with Crippen LogP contribution in [0.2, 0.25) is 0 Å². The molecule has 2 N–H and O–H groups in total. The van der Waals surface area contributed by atoms with Gasteiger partial charge >= 0.3 is 0 Å². The molecule has 0 radical (unpaired) electrons. The van der Waals surface area contributed by atoms with Gasteiger partial charge in [-0.2, -0.15) is 0 Å². The van der Waals surface area contributed by atoms with E-state index < -0.39 is 0 Å². The van der Waals surface area contributed by atoms with Crippen molar-refractivity contribution in [1.82, 2.24) is 14.5 Å². The van der Waals surface area contributed by atoms with E-state index in [1.807, 2.05) is 49.5 Å². The summed E-state index contributed by atoms with van der Waals surface area (Å²) in [5.41, 5.74) is 12.6. The standard InChI is InChI=1S/C28H24N4O/c1-19-31-27-18-30-26-13-10-22(7-6-21-4-3-5-24(16-21)33-2)17-25(26)28(27)32(19)23-11-8-20(9-12-23)14-15-29/h3-5,8-13,16-18H,14-15,29H2,1-2H3. The van der Waals surface area contributed by atoms with Gasteiger partial charge in [0.05, 0.1) is 24.3 Å². The van der Waals surface area contributed by atoms with Gasteiger partial charge in [0.1, 0.15) is 17.1 Å². The molecule has 0 amide bonds. The Balaban J connectivity index is 1.64. The van der Waals surface area contributed by atoms with Crippen LogP contribution >= 0.6 is 0 Å². The molecule has 33 heavy (non-hydrogen) atoms. The first-order chi connectivity index (χ1) is 16.2. The molecule has 0 bridgehead atoms. The third kappa shape index (κ3) is 4.05. The van der Waals surface area contributed by atoms with E-state index in [4.69, 9.17) is 15.5 Å². The summed E-state index contributed by atoms with van der Waals surface area (Å²) < 4.78 is 7.48. The molecule has 5 aromatic rings. The zero-order chi connectivity index (χ0) is 22.8. The highest BCUT2D eigenvalue weighted by atomic mass is 16.5. The first-order valence-corrected chi connectivity index (χ1v) is 10.9. The SMILES string of the molecule is COc1cccc(C#Cc2ccc3ncc4nc(C)n(-c5ccc(CCN)cc5)c4c3c2)c1. The van der Waals surface area contributed by atoms with E-state index in [0.29, 0.717) is 6.54 Å². The zero-order valence-corrected chi connectivity index (χ0v) is 18.7. The minimum Gasteiger partial charge on any atom is -0.497 e. The Morgan fingerprint density at radius 1 is 0.939 bits per heavy atom. The van der Waals surface area contributed by atoms with Crippen LogP contribution in [0.5, 0.6) is 5.75 Å². The molecule has 5 nitrogen and oxygen atoms in total. The van der Waals surface area contributed by atoms with E-state index >= 15 is 0 Å². The summed E-state index contributed by atoms with van der Waals surface area (Å²) >= 11 is 0. The van der Waals surface area contributed by atoms with Crippen molar-refractivity contribution >= 4 is 21.9 Å². The van der Waals surface area contributed by atoms with Gasteiger partial charge in [-0.3, -0.25) is 9.55 Å². The second-order valence-corrected chi connectivity index (χ2v) is 7.91. The number of pyridine rings is 1. The lowest BCUT2D eigenvalue weighted by Crippen LogP contribution is -2.03. The van der Waals surface area contributed by atoms with Crippen molar-refractivity contribution in [2.45, 2.75) is 13.3 Å². The van der Waals surface area contributed by atoms with Gasteiger partial charge in [-0.1, -0.05) is 30.0 Å². The van der Waals surface area contributed by atoms with Gasteiger partial charge in [0.25, 0.3) is 0 Å². The molecule has 5 heteroatoms. The maximum atomic E-state index is 5.70. The van der Waals surface area contributed by atoms with Gasteiger partial charge in [-0.25, -0.2) is 4.98 Å². The normalized spacial score (nSPS) is 10.9. The quantitative estimate of drug-likeness (QED) is 0.415. The summed E-state index contributed by atoms with van der Waals surface area (Å²) in [6.45, 7) is 2.66. The number of aryl methyl sites for hydroxylation is 1. The summed E-state index contributed by atoms with van der Waals surface area (Å²) in [6, 6.07) is 22.4. The number of aromatic nitrogens is 3. The van der Waals surface area contributed by atoms with Crippen LogP contribution in [0.3, 0.4) is 0 Å². The van der Waals surface area contributed by atoms with Crippen molar-refractivity contribution in [3.63, 3.8) is 0 Å². The van der Waals surface area contributed by atoms with E-state index in [9.17, 15) is 0 Å². The maximum absolute atomic E-state index is 5.70. The molecule has 0 atom stereocenters. The fraction of sp³-hybridized carbons (Fsp3) is 0.143. The van der Waals surface area contributed by atoms with Gasteiger partial charge < -0.3 is 10.5 Å². The van der Waals surface area contributed by atoms with Crippen molar-refractivity contribution in [2.75, 3.05) is 13.7 Å². The summed E-state index contributed by atoms with van der Waals surface area (Å²) in [7, 11) is 1.66. The highest BCUT2D eigenvalue weighted by Gasteiger charge is 2.14. The largest absolute Gasteiger partial charge is 0.497 e. The van der Waals surface area contributed by atoms with Crippen LogP contribution in [0.4, 0.5) is 0 Å². The molecule has 2 aromatic heterocycles. The van der Waals surface area contributed by atoms with Crippen LogP contribution < -0.4 is 10.5 Å². The van der Waals surface area contributed by atoms with E-state index in [1.54, 1.807) is 7.11 Å². The van der Waals surface area contributed by atoms with E-state index in [-0.39, 0.29) is 0 Å². The minimum absolute atomic E-state index is 0.641. The monoisotopic (exact) mass is 432 g/mol. The predicted molar refractivity (Wildman–Crippen MR) is 133 cm³/mol. The highest BCUT2D eigenvalue weighted by Crippen LogP contribution is 2.28. The number of nitrogens with two attached hydrogens (primary N) is 1. The van der Waals surface area contributed by atoms with Crippen molar-refractivity contribution in [3.05, 3.63) is 95.4 Å². The topological polar surface area (TPSA) is 66.0 Å². The zero-order valence-electron chi connectivity index (χ0n) is 18.7. The smallest absolute Gasteiger partial charge is 0.120 e. The second-order valence-electron chi connectivity index (χ2n) is 7.91. The Kier molecular flexibility index (Phi) is 5.52. The molecule has 3 aromatic carbocycles. The maximum Gasteiger partial charge on any atom is 0.120 e. The molecule has 0 aliphatic rings. The predicted octanol–water partition coefficient (Wildman–Crippen LogP) is 4.79. The van der Waals surface area contributed by atoms with Gasteiger partial charge in [-0.05, 0) is 74.0 Å². The second kappa shape index (κ2) is 8.78. The lowest BCUT2D eigenvalue weighted by molar-refractivity contribution is 0.414. The summed E-state index contributed by atoms with van der Waals surface area (Å²) in [5, 5.41) is 1.02. The average Bonchev–Trinajstić information content (AvgIpc) is 3.20. The molecule has 0 saturated heterocycles. The van der Waals surface area contributed by atoms with E-state index in [2.05, 4.69) is 51.7 Å². The van der Waals surface area contributed by atoms with Crippen LogP contribution in [-0.4, -0.2) is 28.2 Å². The Morgan fingerprint density at radius 3 is 2.48 bits per heavy atom. The molecule has 162 valence electrons. The van der Waals surface area contributed by atoms with Crippen molar-refractivity contribution in [2.24, 2.45) is 5.73 Å². The molecule has 0 spiro atoms. The van der Waals surface area contributed by atoms with Crippen LogP contribution in [0.1, 0.15) is 22.5 Å². The van der Waals surface area contributed by atoms with E-state index in [1.165, 1.54) is 5.56 Å². The number of rotatable bonds is 4. The van der Waals surface area contributed by atoms with Crippen LogP contribution in [0.15, 0.2) is 72.9 Å². The molecular weight excluding hydrogens is 408 g/mol. The molecule has 0 fully saturated rings. The highest BCUT2D eigenvalue weighted by molar-refractivity contribution is 6.03. The number of fused-ring (bicyclic) bond motifs is 3. The fourth-order valence-electron chi connectivity index (χ4n) is 4.09. The molecule has 0 aliphatic carbocycles. The molecule has 0 saturated carbocycles. The van der Waals surface area contributed by atoms with Crippen molar-refractivity contribution in [1.29, 1.82) is 0 Å². The Labute approximate surface area is 192 Å². The number of ether oxygens (including phenoxy) is 1.